The van der Waals surface area contributed by atoms with Crippen LogP contribution in [0, 0.1) is 6.92 Å². The first-order valence-electron chi connectivity index (χ1n) is 7.66. The second kappa shape index (κ2) is 7.59. The zero-order valence-corrected chi connectivity index (χ0v) is 15.9. The molecule has 0 saturated carbocycles. The highest BCUT2D eigenvalue weighted by molar-refractivity contribution is 8.26. The van der Waals surface area contributed by atoms with E-state index in [0.717, 1.165) is 16.4 Å². The lowest BCUT2D eigenvalue weighted by molar-refractivity contribution is -0.122. The van der Waals surface area contributed by atoms with Gasteiger partial charge in [-0.3, -0.25) is 9.69 Å². The minimum atomic E-state index is -0.0315. The second-order valence-electron chi connectivity index (χ2n) is 5.41. The van der Waals surface area contributed by atoms with E-state index in [1.54, 1.807) is 22.7 Å². The van der Waals surface area contributed by atoms with Crippen LogP contribution in [0.5, 0.6) is 0 Å². The van der Waals surface area contributed by atoms with Gasteiger partial charge in [-0.15, -0.1) is 0 Å². The van der Waals surface area contributed by atoms with Crippen LogP contribution in [0.2, 0.25) is 0 Å². The topological polar surface area (TPSA) is 33.5 Å². The number of amides is 1. The van der Waals surface area contributed by atoms with Crippen molar-refractivity contribution in [2.75, 3.05) is 6.54 Å². The third kappa shape index (κ3) is 3.94. The van der Waals surface area contributed by atoms with Gasteiger partial charge in [0, 0.05) is 17.5 Å². The molecule has 0 bridgehead atoms. The van der Waals surface area contributed by atoms with Gasteiger partial charge in [0.1, 0.15) is 10.1 Å². The Balaban J connectivity index is 1.73. The van der Waals surface area contributed by atoms with Crippen LogP contribution in [0.1, 0.15) is 24.7 Å². The van der Waals surface area contributed by atoms with Gasteiger partial charge < -0.3 is 4.42 Å². The summed E-state index contributed by atoms with van der Waals surface area (Å²) >= 11 is 8.17. The minimum Gasteiger partial charge on any atom is -0.450 e. The smallest absolute Gasteiger partial charge is 0.266 e. The number of nitrogens with zero attached hydrogens (tertiary/aromatic N) is 1. The monoisotopic (exact) mass is 375 g/mol. The van der Waals surface area contributed by atoms with Crippen molar-refractivity contribution < 1.29 is 9.21 Å². The summed E-state index contributed by atoms with van der Waals surface area (Å²) in [4.78, 5) is 15.7. The number of aryl methyl sites for hydroxylation is 1. The van der Waals surface area contributed by atoms with Crippen molar-refractivity contribution in [1.29, 1.82) is 0 Å². The summed E-state index contributed by atoms with van der Waals surface area (Å²) in [6, 6.07) is 12.1. The van der Waals surface area contributed by atoms with Gasteiger partial charge in [0.15, 0.2) is 5.09 Å². The molecular weight excluding hydrogens is 358 g/mol. The number of benzene rings is 1. The number of thioether (sulfide) groups is 1. The van der Waals surface area contributed by atoms with Crippen LogP contribution in [0.3, 0.4) is 0 Å². The highest BCUT2D eigenvalue weighted by Gasteiger charge is 2.31. The zero-order valence-electron chi connectivity index (χ0n) is 13.4. The molecule has 3 nitrogen and oxygen atoms in total. The van der Waals surface area contributed by atoms with Gasteiger partial charge in [0.25, 0.3) is 5.91 Å². The predicted molar refractivity (Wildman–Crippen MR) is 104 cm³/mol. The highest BCUT2D eigenvalue weighted by atomic mass is 32.2. The Morgan fingerprint density at radius 1 is 1.25 bits per heavy atom. The van der Waals surface area contributed by atoms with Crippen molar-refractivity contribution in [2.45, 2.75) is 30.3 Å². The van der Waals surface area contributed by atoms with Gasteiger partial charge >= 0.3 is 0 Å². The van der Waals surface area contributed by atoms with Gasteiger partial charge in [-0.05, 0) is 37.6 Å². The molecule has 1 saturated heterocycles. The van der Waals surface area contributed by atoms with Crippen molar-refractivity contribution >= 4 is 52.0 Å². The maximum Gasteiger partial charge on any atom is 0.266 e. The van der Waals surface area contributed by atoms with Crippen LogP contribution in [-0.2, 0) is 4.79 Å². The van der Waals surface area contributed by atoms with Gasteiger partial charge in [0.2, 0.25) is 0 Å². The lowest BCUT2D eigenvalue weighted by atomic mass is 10.2. The average Bonchev–Trinajstić information content (AvgIpc) is 3.10. The number of carbonyl (C=O) groups is 1. The number of hydrogen-bond donors (Lipinski definition) is 0. The number of carbonyl (C=O) groups excluding carboxylic acids is 1. The summed E-state index contributed by atoms with van der Waals surface area (Å²) in [6.07, 6.45) is 2.66. The molecule has 1 amide bonds. The molecule has 3 rings (SSSR count). The van der Waals surface area contributed by atoms with Gasteiger partial charge in [-0.2, -0.15) is 0 Å². The Labute approximate surface area is 155 Å². The molecule has 1 aromatic carbocycles. The van der Waals surface area contributed by atoms with Crippen molar-refractivity contribution in [2.24, 2.45) is 0 Å². The summed E-state index contributed by atoms with van der Waals surface area (Å²) < 4.78 is 6.44. The first kappa shape index (κ1) is 17.3. The van der Waals surface area contributed by atoms with E-state index in [4.69, 9.17) is 16.6 Å². The lowest BCUT2D eigenvalue weighted by Crippen LogP contribution is -2.28. The largest absolute Gasteiger partial charge is 0.450 e. The van der Waals surface area contributed by atoms with Crippen molar-refractivity contribution in [3.63, 3.8) is 0 Å². The van der Waals surface area contributed by atoms with Crippen LogP contribution < -0.4 is 0 Å². The summed E-state index contributed by atoms with van der Waals surface area (Å²) in [5.74, 6) is 0.637. The van der Waals surface area contributed by atoms with Crippen molar-refractivity contribution in [1.82, 2.24) is 4.90 Å². The fraction of sp³-hybridized carbons (Fsp3) is 0.222. The number of thiocarbonyl (C=S) groups is 1. The quantitative estimate of drug-likeness (QED) is 0.520. The Morgan fingerprint density at radius 2 is 2.00 bits per heavy atom. The fourth-order valence-corrected chi connectivity index (χ4v) is 4.30. The average molecular weight is 376 g/mol. The van der Waals surface area contributed by atoms with Crippen molar-refractivity contribution in [3.05, 3.63) is 52.6 Å². The van der Waals surface area contributed by atoms with E-state index in [1.807, 2.05) is 19.1 Å². The Morgan fingerprint density at radius 3 is 2.71 bits per heavy atom. The number of rotatable bonds is 5. The van der Waals surface area contributed by atoms with E-state index in [9.17, 15) is 4.79 Å². The highest BCUT2D eigenvalue weighted by Crippen LogP contribution is 2.34. The molecule has 1 fully saturated rings. The molecule has 0 atom stereocenters. The third-order valence-corrected chi connectivity index (χ3v) is 5.74. The van der Waals surface area contributed by atoms with E-state index >= 15 is 0 Å². The van der Waals surface area contributed by atoms with E-state index in [2.05, 4.69) is 31.2 Å². The van der Waals surface area contributed by atoms with Gasteiger partial charge in [0.05, 0.1) is 4.91 Å². The molecule has 1 aliphatic rings. The molecule has 0 N–H and O–H groups in total. The predicted octanol–water partition coefficient (Wildman–Crippen LogP) is 5.35. The third-order valence-electron chi connectivity index (χ3n) is 3.44. The van der Waals surface area contributed by atoms with Crippen LogP contribution in [0.15, 0.2) is 55.7 Å². The van der Waals surface area contributed by atoms with Crippen LogP contribution >= 0.6 is 35.7 Å². The summed E-state index contributed by atoms with van der Waals surface area (Å²) in [7, 11) is 0. The summed E-state index contributed by atoms with van der Waals surface area (Å²) in [5.41, 5.74) is 1.23. The molecule has 6 heteroatoms. The van der Waals surface area contributed by atoms with E-state index in [1.165, 1.54) is 17.3 Å². The van der Waals surface area contributed by atoms with Gasteiger partial charge in [-0.25, -0.2) is 0 Å². The molecule has 2 heterocycles. The minimum absolute atomic E-state index is 0.0315. The lowest BCUT2D eigenvalue weighted by Gasteiger charge is -2.11. The Bertz CT molecular complexity index is 793. The van der Waals surface area contributed by atoms with Gasteiger partial charge in [-0.1, -0.05) is 60.4 Å². The fourth-order valence-electron chi connectivity index (χ4n) is 2.23. The molecule has 2 aromatic rings. The first-order chi connectivity index (χ1) is 11.6. The standard InChI is InChI=1S/C18H17NO2S3/c1-3-10-19-17(20)15(24-18(19)22)11-13-6-9-16(21-13)23-14-7-4-12(2)5-8-14/h4-9,11H,3,10H2,1-2H3/b15-11+. The molecular formula is C18H17NO2S3. The molecule has 24 heavy (non-hydrogen) atoms. The van der Waals surface area contributed by atoms with Crippen LogP contribution in [-0.4, -0.2) is 21.7 Å². The molecule has 124 valence electrons. The normalized spacial score (nSPS) is 16.4. The molecule has 0 unspecified atom stereocenters. The Kier molecular flexibility index (Phi) is 5.48. The molecule has 1 aliphatic heterocycles. The van der Waals surface area contributed by atoms with E-state index in [-0.39, 0.29) is 5.91 Å². The first-order valence-corrected chi connectivity index (χ1v) is 9.70. The van der Waals surface area contributed by atoms with Crippen molar-refractivity contribution in [3.8, 4) is 0 Å². The maximum atomic E-state index is 12.3. The molecule has 0 spiro atoms. The summed E-state index contributed by atoms with van der Waals surface area (Å²) in [6.45, 7) is 4.76. The number of hydrogen-bond acceptors (Lipinski definition) is 5. The second-order valence-corrected chi connectivity index (χ2v) is 8.16. The van der Waals surface area contributed by atoms with Crippen LogP contribution in [0.25, 0.3) is 6.08 Å². The van der Waals surface area contributed by atoms with E-state index in [0.29, 0.717) is 21.5 Å². The summed E-state index contributed by atoms with van der Waals surface area (Å²) in [5, 5.41) is 0.800. The molecule has 0 radical (unpaired) electrons. The maximum absolute atomic E-state index is 12.3. The SMILES string of the molecule is CCCN1C(=O)/C(=C\c2ccc(Sc3ccc(C)cc3)o2)SC1=S. The molecule has 1 aromatic heterocycles. The zero-order chi connectivity index (χ0) is 17.1. The van der Waals surface area contributed by atoms with Crippen LogP contribution in [0.4, 0.5) is 0 Å². The number of furan rings is 1. The molecule has 0 aliphatic carbocycles. The van der Waals surface area contributed by atoms with E-state index < -0.39 is 0 Å². The Hall–Kier alpha value is -1.50.